The predicted octanol–water partition coefficient (Wildman–Crippen LogP) is 3.38. The Kier molecular flexibility index (Phi) is 4.92. The highest BCUT2D eigenvalue weighted by Gasteiger charge is 2.27. The van der Waals surface area contributed by atoms with Crippen molar-refractivity contribution in [3.63, 3.8) is 0 Å². The van der Waals surface area contributed by atoms with E-state index in [0.29, 0.717) is 11.1 Å². The number of aromatic nitrogens is 3. The van der Waals surface area contributed by atoms with E-state index in [9.17, 15) is 4.79 Å². The number of hydrogen-bond donors (Lipinski definition) is 1. The zero-order valence-corrected chi connectivity index (χ0v) is 14.7. The monoisotopic (exact) mass is 350 g/mol. The molecular formula is C16H19ClN4OS. The van der Waals surface area contributed by atoms with E-state index in [1.165, 1.54) is 11.8 Å². The molecule has 1 aromatic carbocycles. The number of nitrogens with zero attached hydrogens (tertiary/aromatic N) is 3. The van der Waals surface area contributed by atoms with Crippen molar-refractivity contribution >= 4 is 29.3 Å². The molecule has 23 heavy (non-hydrogen) atoms. The number of halogens is 1. The molecule has 1 aromatic heterocycles. The molecule has 0 aliphatic heterocycles. The standard InChI is InChI=1S/C16H19ClN4OS/c1-3-21-14(11-4-6-12(17)7-5-11)19-20-16(21)23-10(2)15(22)18-13-8-9-13/h4-7,10,13H,3,8-9H2,1-2H3,(H,18,22)/t10-/m1/s1. The van der Waals surface area contributed by atoms with Gasteiger partial charge in [0.2, 0.25) is 5.91 Å². The summed E-state index contributed by atoms with van der Waals surface area (Å²) in [4.78, 5) is 12.1. The van der Waals surface area contributed by atoms with Gasteiger partial charge in [0, 0.05) is 23.2 Å². The van der Waals surface area contributed by atoms with Crippen LogP contribution >= 0.6 is 23.4 Å². The Morgan fingerprint density at radius 2 is 2.09 bits per heavy atom. The molecule has 1 amide bonds. The average molecular weight is 351 g/mol. The van der Waals surface area contributed by atoms with E-state index in [0.717, 1.165) is 35.9 Å². The maximum absolute atomic E-state index is 12.1. The van der Waals surface area contributed by atoms with Crippen LogP contribution in [0.1, 0.15) is 26.7 Å². The van der Waals surface area contributed by atoms with Gasteiger partial charge in [-0.25, -0.2) is 0 Å². The largest absolute Gasteiger partial charge is 0.352 e. The summed E-state index contributed by atoms with van der Waals surface area (Å²) in [6.07, 6.45) is 2.18. The minimum absolute atomic E-state index is 0.0659. The van der Waals surface area contributed by atoms with Crippen LogP contribution in [0.3, 0.4) is 0 Å². The quantitative estimate of drug-likeness (QED) is 0.811. The number of rotatable bonds is 6. The maximum atomic E-state index is 12.1. The Bertz CT molecular complexity index is 697. The molecule has 1 aliphatic rings. The number of benzene rings is 1. The van der Waals surface area contributed by atoms with E-state index in [4.69, 9.17) is 11.6 Å². The molecule has 0 unspecified atom stereocenters. The first-order valence-corrected chi connectivity index (χ1v) is 9.00. The first-order chi connectivity index (χ1) is 11.1. The summed E-state index contributed by atoms with van der Waals surface area (Å²) in [5, 5.41) is 12.8. The van der Waals surface area contributed by atoms with Crippen LogP contribution in [0.2, 0.25) is 5.02 Å². The summed E-state index contributed by atoms with van der Waals surface area (Å²) in [7, 11) is 0. The Balaban J connectivity index is 1.77. The minimum Gasteiger partial charge on any atom is -0.352 e. The van der Waals surface area contributed by atoms with Crippen LogP contribution in [-0.2, 0) is 11.3 Å². The summed E-state index contributed by atoms with van der Waals surface area (Å²) >= 11 is 7.38. The zero-order chi connectivity index (χ0) is 16.4. The Morgan fingerprint density at radius 1 is 1.39 bits per heavy atom. The normalized spacial score (nSPS) is 15.4. The Hall–Kier alpha value is -1.53. The third kappa shape index (κ3) is 3.87. The Labute approximate surface area is 144 Å². The lowest BCUT2D eigenvalue weighted by molar-refractivity contribution is -0.120. The summed E-state index contributed by atoms with van der Waals surface area (Å²) in [6, 6.07) is 7.90. The van der Waals surface area contributed by atoms with Crippen molar-refractivity contribution in [3.8, 4) is 11.4 Å². The third-order valence-electron chi connectivity index (χ3n) is 3.71. The summed E-state index contributed by atoms with van der Waals surface area (Å²) < 4.78 is 2.02. The molecule has 7 heteroatoms. The van der Waals surface area contributed by atoms with Gasteiger partial charge in [-0.1, -0.05) is 23.4 Å². The zero-order valence-electron chi connectivity index (χ0n) is 13.1. The van der Waals surface area contributed by atoms with Crippen molar-refractivity contribution in [2.24, 2.45) is 0 Å². The smallest absolute Gasteiger partial charge is 0.233 e. The topological polar surface area (TPSA) is 59.8 Å². The van der Waals surface area contributed by atoms with Crippen LogP contribution in [0.4, 0.5) is 0 Å². The first kappa shape index (κ1) is 16.3. The second kappa shape index (κ2) is 6.93. The molecule has 1 fully saturated rings. The van der Waals surface area contributed by atoms with Gasteiger partial charge in [-0.15, -0.1) is 10.2 Å². The molecule has 1 N–H and O–H groups in total. The van der Waals surface area contributed by atoms with Crippen molar-refractivity contribution in [1.29, 1.82) is 0 Å². The van der Waals surface area contributed by atoms with Gasteiger partial charge in [-0.2, -0.15) is 0 Å². The van der Waals surface area contributed by atoms with Crippen LogP contribution < -0.4 is 5.32 Å². The minimum atomic E-state index is -0.192. The first-order valence-electron chi connectivity index (χ1n) is 7.74. The number of amides is 1. The SMILES string of the molecule is CCn1c(S[C@H](C)C(=O)NC2CC2)nnc1-c1ccc(Cl)cc1. The van der Waals surface area contributed by atoms with E-state index in [1.807, 2.05) is 42.7 Å². The van der Waals surface area contributed by atoms with E-state index >= 15 is 0 Å². The molecule has 1 heterocycles. The van der Waals surface area contributed by atoms with Crippen molar-refractivity contribution in [2.45, 2.75) is 49.7 Å². The summed E-state index contributed by atoms with van der Waals surface area (Å²) in [5.74, 6) is 0.859. The van der Waals surface area contributed by atoms with Gasteiger partial charge < -0.3 is 9.88 Å². The van der Waals surface area contributed by atoms with Gasteiger partial charge >= 0.3 is 0 Å². The van der Waals surface area contributed by atoms with Crippen LogP contribution in [0.5, 0.6) is 0 Å². The van der Waals surface area contributed by atoms with E-state index in [2.05, 4.69) is 15.5 Å². The van der Waals surface area contributed by atoms with Crippen LogP contribution in [0, 0.1) is 0 Å². The average Bonchev–Trinajstić information content (AvgIpc) is 3.26. The summed E-state index contributed by atoms with van der Waals surface area (Å²) in [6.45, 7) is 4.69. The molecule has 0 saturated heterocycles. The molecule has 1 atom stereocenters. The Morgan fingerprint density at radius 3 is 2.70 bits per heavy atom. The molecule has 0 radical (unpaired) electrons. The predicted molar refractivity (Wildman–Crippen MR) is 92.6 cm³/mol. The highest BCUT2D eigenvalue weighted by Crippen LogP contribution is 2.28. The molecule has 0 bridgehead atoms. The molecule has 1 aliphatic carbocycles. The van der Waals surface area contributed by atoms with Gasteiger partial charge in [0.25, 0.3) is 0 Å². The van der Waals surface area contributed by atoms with Crippen molar-refractivity contribution in [3.05, 3.63) is 29.3 Å². The maximum Gasteiger partial charge on any atom is 0.233 e. The number of carbonyl (C=O) groups excluding carboxylic acids is 1. The van der Waals surface area contributed by atoms with E-state index < -0.39 is 0 Å². The molecule has 1 saturated carbocycles. The lowest BCUT2D eigenvalue weighted by atomic mass is 10.2. The fraction of sp³-hybridized carbons (Fsp3) is 0.438. The second-order valence-electron chi connectivity index (χ2n) is 5.60. The van der Waals surface area contributed by atoms with Gasteiger partial charge in [-0.05, 0) is 51.0 Å². The number of nitrogens with one attached hydrogen (secondary N) is 1. The molecule has 3 rings (SSSR count). The second-order valence-corrected chi connectivity index (χ2v) is 7.34. The molecular weight excluding hydrogens is 332 g/mol. The van der Waals surface area contributed by atoms with Crippen molar-refractivity contribution in [1.82, 2.24) is 20.1 Å². The fourth-order valence-corrected chi connectivity index (χ4v) is 3.28. The highest BCUT2D eigenvalue weighted by atomic mass is 35.5. The number of hydrogen-bond acceptors (Lipinski definition) is 4. The van der Waals surface area contributed by atoms with Gasteiger partial charge in [0.1, 0.15) is 0 Å². The van der Waals surface area contributed by atoms with Gasteiger partial charge in [-0.3, -0.25) is 4.79 Å². The molecule has 122 valence electrons. The van der Waals surface area contributed by atoms with Crippen LogP contribution in [-0.4, -0.2) is 32.0 Å². The van der Waals surface area contributed by atoms with Crippen LogP contribution in [0.25, 0.3) is 11.4 Å². The van der Waals surface area contributed by atoms with Crippen LogP contribution in [0.15, 0.2) is 29.4 Å². The number of thioether (sulfide) groups is 1. The fourth-order valence-electron chi connectivity index (χ4n) is 2.23. The third-order valence-corrected chi connectivity index (χ3v) is 5.04. The van der Waals surface area contributed by atoms with Crippen molar-refractivity contribution in [2.75, 3.05) is 0 Å². The molecule has 5 nitrogen and oxygen atoms in total. The van der Waals surface area contributed by atoms with E-state index in [-0.39, 0.29) is 11.2 Å². The summed E-state index contributed by atoms with van der Waals surface area (Å²) in [5.41, 5.74) is 0.964. The van der Waals surface area contributed by atoms with Gasteiger partial charge in [0.05, 0.1) is 5.25 Å². The lowest BCUT2D eigenvalue weighted by Crippen LogP contribution is -2.32. The number of carbonyl (C=O) groups is 1. The van der Waals surface area contributed by atoms with E-state index in [1.54, 1.807) is 0 Å². The highest BCUT2D eigenvalue weighted by molar-refractivity contribution is 8.00. The van der Waals surface area contributed by atoms with Crippen molar-refractivity contribution < 1.29 is 4.79 Å². The lowest BCUT2D eigenvalue weighted by Gasteiger charge is -2.12. The van der Waals surface area contributed by atoms with Gasteiger partial charge in [0.15, 0.2) is 11.0 Å². The molecule has 2 aromatic rings. The molecule has 0 spiro atoms.